The molecule has 3 N–H and O–H groups in total. The second-order valence-electron chi connectivity index (χ2n) is 5.31. The number of aryl methyl sites for hydroxylation is 2. The molecule has 0 bridgehead atoms. The smallest absolute Gasteiger partial charge is 0.266 e. The number of nitrogens with one attached hydrogen (secondary N) is 3. The second-order valence-corrected chi connectivity index (χ2v) is 7.36. The Hall–Kier alpha value is -2.65. The Morgan fingerprint density at radius 2 is 1.80 bits per heavy atom. The Kier molecular flexibility index (Phi) is 4.60. The fourth-order valence-electron chi connectivity index (χ4n) is 2.29. The molecule has 1 aromatic carbocycles. The lowest BCUT2D eigenvalue weighted by atomic mass is 10.3. The van der Waals surface area contributed by atoms with Crippen molar-refractivity contribution < 1.29 is 8.42 Å². The van der Waals surface area contributed by atoms with Gasteiger partial charge in [0.15, 0.2) is 11.6 Å². The summed E-state index contributed by atoms with van der Waals surface area (Å²) in [5.74, 6) is 0.567. The van der Waals surface area contributed by atoms with E-state index in [1.165, 1.54) is 6.07 Å². The Balaban J connectivity index is 1.77. The number of hydrogen-bond acceptors (Lipinski definition) is 6. The molecule has 0 saturated carbocycles. The molecule has 8 nitrogen and oxygen atoms in total. The Morgan fingerprint density at radius 1 is 1.08 bits per heavy atom. The average molecular weight is 379 g/mol. The summed E-state index contributed by atoms with van der Waals surface area (Å²) in [5.41, 5.74) is 1.59. The third-order valence-corrected chi connectivity index (χ3v) is 5.18. The first kappa shape index (κ1) is 17.2. The van der Waals surface area contributed by atoms with E-state index in [2.05, 4.69) is 30.4 Å². The maximum Gasteiger partial charge on any atom is 0.266 e. The van der Waals surface area contributed by atoms with Crippen molar-refractivity contribution in [2.24, 2.45) is 0 Å². The zero-order valence-corrected chi connectivity index (χ0v) is 15.0. The van der Waals surface area contributed by atoms with Crippen molar-refractivity contribution in [3.63, 3.8) is 0 Å². The lowest BCUT2D eigenvalue weighted by Gasteiger charge is -2.08. The molecular weight excluding hydrogens is 364 g/mol. The monoisotopic (exact) mass is 378 g/mol. The molecule has 0 amide bonds. The minimum atomic E-state index is -3.79. The van der Waals surface area contributed by atoms with E-state index < -0.39 is 10.0 Å². The summed E-state index contributed by atoms with van der Waals surface area (Å²) in [4.78, 5) is 0.107. The number of halogens is 1. The lowest BCUT2D eigenvalue weighted by molar-refractivity contribution is 0.600. The van der Waals surface area contributed by atoms with Gasteiger partial charge in [0.05, 0.1) is 11.4 Å². The van der Waals surface area contributed by atoms with Gasteiger partial charge in [-0.05, 0) is 44.2 Å². The van der Waals surface area contributed by atoms with E-state index in [1.54, 1.807) is 38.1 Å². The predicted octanol–water partition coefficient (Wildman–Crippen LogP) is 3.01. The fraction of sp³-hybridized carbons (Fsp3) is 0.133. The third-order valence-electron chi connectivity index (χ3n) is 3.33. The molecule has 3 aromatic rings. The van der Waals surface area contributed by atoms with Crippen molar-refractivity contribution in [3.05, 3.63) is 52.8 Å². The molecule has 2 heterocycles. The van der Waals surface area contributed by atoms with Crippen molar-refractivity contribution in [2.45, 2.75) is 18.7 Å². The number of aromatic nitrogens is 4. The fourth-order valence-corrected chi connectivity index (χ4v) is 3.85. The van der Waals surface area contributed by atoms with Gasteiger partial charge in [-0.25, -0.2) is 8.42 Å². The summed E-state index contributed by atoms with van der Waals surface area (Å²) in [7, 11) is -3.79. The summed E-state index contributed by atoms with van der Waals surface area (Å²) in [6, 6.07) is 10.3. The number of sulfonamides is 1. The molecule has 0 unspecified atom stereocenters. The average Bonchev–Trinajstić information content (AvgIpc) is 2.89. The van der Waals surface area contributed by atoms with Gasteiger partial charge in [0.2, 0.25) is 0 Å². The normalized spacial score (nSPS) is 11.3. The van der Waals surface area contributed by atoms with Gasteiger partial charge in [-0.15, -0.1) is 10.2 Å². The van der Waals surface area contributed by atoms with Gasteiger partial charge in [0.1, 0.15) is 4.90 Å². The molecule has 10 heteroatoms. The van der Waals surface area contributed by atoms with Crippen LogP contribution in [-0.2, 0) is 10.0 Å². The van der Waals surface area contributed by atoms with Gasteiger partial charge in [-0.1, -0.05) is 17.7 Å². The number of H-pyrrole nitrogens is 1. The van der Waals surface area contributed by atoms with Crippen LogP contribution in [0, 0.1) is 13.8 Å². The van der Waals surface area contributed by atoms with Gasteiger partial charge >= 0.3 is 0 Å². The number of benzene rings is 1. The van der Waals surface area contributed by atoms with Gasteiger partial charge in [-0.2, -0.15) is 5.10 Å². The third kappa shape index (κ3) is 3.89. The molecule has 0 fully saturated rings. The highest BCUT2D eigenvalue weighted by molar-refractivity contribution is 7.92. The van der Waals surface area contributed by atoms with Crippen LogP contribution in [0.5, 0.6) is 0 Å². The van der Waals surface area contributed by atoms with Gasteiger partial charge < -0.3 is 5.32 Å². The van der Waals surface area contributed by atoms with Crippen LogP contribution in [0.4, 0.5) is 17.3 Å². The molecule has 0 aliphatic carbocycles. The molecular formula is C15H15ClN6O2S. The highest BCUT2D eigenvalue weighted by Crippen LogP contribution is 2.21. The van der Waals surface area contributed by atoms with E-state index in [1.807, 2.05) is 6.07 Å². The Morgan fingerprint density at radius 3 is 2.40 bits per heavy atom. The number of anilines is 3. The summed E-state index contributed by atoms with van der Waals surface area (Å²) in [6.45, 7) is 3.25. The van der Waals surface area contributed by atoms with Crippen LogP contribution in [0.1, 0.15) is 11.4 Å². The lowest BCUT2D eigenvalue weighted by Crippen LogP contribution is -2.16. The van der Waals surface area contributed by atoms with E-state index in [0.717, 1.165) is 5.69 Å². The molecule has 3 rings (SSSR count). The zero-order valence-electron chi connectivity index (χ0n) is 13.4. The van der Waals surface area contributed by atoms with Crippen LogP contribution in [0.2, 0.25) is 5.02 Å². The quantitative estimate of drug-likeness (QED) is 0.629. The molecule has 0 aliphatic heterocycles. The SMILES string of the molecule is Cc1n[nH]c(C)c1S(=O)(=O)Nc1ccc(Nc2cccc(Cl)c2)nn1. The number of rotatable bonds is 5. The highest BCUT2D eigenvalue weighted by Gasteiger charge is 2.22. The molecule has 0 radical (unpaired) electrons. The minimum absolute atomic E-state index is 0.107. The van der Waals surface area contributed by atoms with E-state index in [0.29, 0.717) is 22.2 Å². The minimum Gasteiger partial charge on any atom is -0.339 e. The first-order valence-electron chi connectivity index (χ1n) is 7.26. The van der Waals surface area contributed by atoms with Crippen molar-refractivity contribution in [3.8, 4) is 0 Å². The zero-order chi connectivity index (χ0) is 18.0. The van der Waals surface area contributed by atoms with E-state index in [-0.39, 0.29) is 10.7 Å². The predicted molar refractivity (Wildman–Crippen MR) is 95.6 cm³/mol. The summed E-state index contributed by atoms with van der Waals surface area (Å²) >= 11 is 5.92. The van der Waals surface area contributed by atoms with Crippen LogP contribution in [0.15, 0.2) is 41.3 Å². The summed E-state index contributed by atoms with van der Waals surface area (Å²) < 4.78 is 27.3. The second kappa shape index (κ2) is 6.69. The molecule has 0 aliphatic rings. The number of aromatic amines is 1. The van der Waals surface area contributed by atoms with E-state index >= 15 is 0 Å². The van der Waals surface area contributed by atoms with Crippen LogP contribution in [0.3, 0.4) is 0 Å². The highest BCUT2D eigenvalue weighted by atomic mass is 35.5. The van der Waals surface area contributed by atoms with Crippen molar-refractivity contribution >= 4 is 38.9 Å². The van der Waals surface area contributed by atoms with Crippen LogP contribution >= 0.6 is 11.6 Å². The number of nitrogens with zero attached hydrogens (tertiary/aromatic N) is 3. The van der Waals surface area contributed by atoms with Crippen molar-refractivity contribution in [1.82, 2.24) is 20.4 Å². The van der Waals surface area contributed by atoms with Crippen molar-refractivity contribution in [1.29, 1.82) is 0 Å². The van der Waals surface area contributed by atoms with E-state index in [9.17, 15) is 8.42 Å². The topological polar surface area (TPSA) is 113 Å². The van der Waals surface area contributed by atoms with Gasteiger partial charge in [0, 0.05) is 10.7 Å². The van der Waals surface area contributed by atoms with Crippen molar-refractivity contribution in [2.75, 3.05) is 10.0 Å². The molecule has 130 valence electrons. The maximum atomic E-state index is 12.4. The Labute approximate surface area is 149 Å². The summed E-state index contributed by atoms with van der Waals surface area (Å²) in [6.07, 6.45) is 0. The Bertz CT molecular complexity index is 982. The summed E-state index contributed by atoms with van der Waals surface area (Å²) in [5, 5.41) is 18.0. The molecule has 0 spiro atoms. The maximum absolute atomic E-state index is 12.4. The van der Waals surface area contributed by atoms with Crippen LogP contribution in [0.25, 0.3) is 0 Å². The standard InChI is InChI=1S/C15H15ClN6O2S/c1-9-15(10(2)19-18-9)25(23,24)22-14-7-6-13(20-21-14)17-12-5-3-4-11(16)8-12/h3-8H,1-2H3,(H,17,20)(H,18,19)(H,21,22). The van der Waals surface area contributed by atoms with Crippen LogP contribution in [-0.4, -0.2) is 28.8 Å². The largest absolute Gasteiger partial charge is 0.339 e. The molecule has 0 atom stereocenters. The molecule has 25 heavy (non-hydrogen) atoms. The molecule has 2 aromatic heterocycles. The molecule has 0 saturated heterocycles. The number of hydrogen-bond donors (Lipinski definition) is 3. The van der Waals surface area contributed by atoms with Crippen LogP contribution < -0.4 is 10.0 Å². The van der Waals surface area contributed by atoms with E-state index in [4.69, 9.17) is 11.6 Å². The van der Waals surface area contributed by atoms with Gasteiger partial charge in [0.25, 0.3) is 10.0 Å². The van der Waals surface area contributed by atoms with Gasteiger partial charge in [-0.3, -0.25) is 9.82 Å². The first-order chi connectivity index (χ1) is 11.8. The first-order valence-corrected chi connectivity index (χ1v) is 9.12.